The lowest BCUT2D eigenvalue weighted by molar-refractivity contribution is -0.147. The lowest BCUT2D eigenvalue weighted by Crippen LogP contribution is -2.41. The van der Waals surface area contributed by atoms with Crippen LogP contribution in [0, 0.1) is 12.8 Å². The van der Waals surface area contributed by atoms with Crippen molar-refractivity contribution in [2.75, 3.05) is 45.3 Å². The van der Waals surface area contributed by atoms with Crippen molar-refractivity contribution in [1.82, 2.24) is 4.90 Å². The van der Waals surface area contributed by atoms with Gasteiger partial charge in [0.05, 0.1) is 38.3 Å². The first kappa shape index (κ1) is 23.8. The number of nitrogens with one attached hydrogen (secondary N) is 1. The number of ether oxygens (including phenoxy) is 3. The van der Waals surface area contributed by atoms with Crippen molar-refractivity contribution in [1.29, 1.82) is 0 Å². The lowest BCUT2D eigenvalue weighted by Gasteiger charge is -2.29. The molecule has 1 aromatic rings. The fraction of sp³-hybridized carbons (Fsp3) is 0.600. The van der Waals surface area contributed by atoms with Crippen LogP contribution in [0.15, 0.2) is 0 Å². The van der Waals surface area contributed by atoms with E-state index in [1.54, 1.807) is 20.8 Å². The molecule has 0 spiro atoms. The van der Waals surface area contributed by atoms with Gasteiger partial charge in [-0.15, -0.1) is 11.3 Å². The van der Waals surface area contributed by atoms with Crippen LogP contribution < -0.4 is 5.32 Å². The Morgan fingerprint density at radius 3 is 2.23 bits per heavy atom. The fourth-order valence-corrected chi connectivity index (χ4v) is 4.41. The van der Waals surface area contributed by atoms with E-state index in [0.29, 0.717) is 31.5 Å². The number of hydrogen-bond acceptors (Lipinski definition) is 9. The number of anilines is 1. The van der Waals surface area contributed by atoms with Crippen molar-refractivity contribution in [3.63, 3.8) is 0 Å². The van der Waals surface area contributed by atoms with Gasteiger partial charge in [-0.2, -0.15) is 0 Å². The Morgan fingerprint density at radius 1 is 1.07 bits per heavy atom. The summed E-state index contributed by atoms with van der Waals surface area (Å²) in [6.45, 7) is 6.68. The maximum atomic E-state index is 12.6. The molecule has 1 aliphatic heterocycles. The molecule has 1 aromatic heterocycles. The van der Waals surface area contributed by atoms with Crippen molar-refractivity contribution in [2.24, 2.45) is 5.92 Å². The second kappa shape index (κ2) is 11.1. The summed E-state index contributed by atoms with van der Waals surface area (Å²) in [4.78, 5) is 51.0. The zero-order valence-corrected chi connectivity index (χ0v) is 18.6. The predicted molar refractivity (Wildman–Crippen MR) is 111 cm³/mol. The van der Waals surface area contributed by atoms with Crippen LogP contribution in [-0.4, -0.2) is 68.7 Å². The van der Waals surface area contributed by atoms with Crippen LogP contribution in [0.2, 0.25) is 0 Å². The number of carbonyl (C=O) groups is 4. The monoisotopic (exact) mass is 440 g/mol. The summed E-state index contributed by atoms with van der Waals surface area (Å²) in [5.41, 5.74) is 0.591. The standard InChI is InChI=1S/C20H28N2O7S/c1-5-28-19(25)15-12(3)16(20(26)29-6-2)30-17(15)21-14(23)11-22-9-7-13(8-10-22)18(24)27-4/h13H,5-11H2,1-4H3,(H,21,23). The molecular formula is C20H28N2O7S. The maximum absolute atomic E-state index is 12.6. The van der Waals surface area contributed by atoms with Gasteiger partial charge in [0.1, 0.15) is 9.88 Å². The first-order valence-corrected chi connectivity index (χ1v) is 10.7. The van der Waals surface area contributed by atoms with E-state index < -0.39 is 11.9 Å². The molecule has 0 radical (unpaired) electrons. The number of amides is 1. The number of piperidine rings is 1. The van der Waals surface area contributed by atoms with Crippen LogP contribution in [0.4, 0.5) is 5.00 Å². The van der Waals surface area contributed by atoms with Crippen molar-refractivity contribution in [2.45, 2.75) is 33.6 Å². The third kappa shape index (κ3) is 5.79. The lowest BCUT2D eigenvalue weighted by atomic mass is 9.97. The Morgan fingerprint density at radius 2 is 1.67 bits per heavy atom. The summed E-state index contributed by atoms with van der Waals surface area (Å²) in [6.07, 6.45) is 1.25. The maximum Gasteiger partial charge on any atom is 0.348 e. The molecule has 9 nitrogen and oxygen atoms in total. The first-order chi connectivity index (χ1) is 14.3. The van der Waals surface area contributed by atoms with Gasteiger partial charge in [-0.1, -0.05) is 0 Å². The van der Waals surface area contributed by atoms with Gasteiger partial charge in [0, 0.05) is 0 Å². The molecule has 1 saturated heterocycles. The zero-order chi connectivity index (χ0) is 22.3. The molecule has 0 saturated carbocycles. The Hall–Kier alpha value is -2.46. The number of thiophene rings is 1. The fourth-order valence-electron chi connectivity index (χ4n) is 3.30. The topological polar surface area (TPSA) is 111 Å². The van der Waals surface area contributed by atoms with Crippen LogP contribution in [0.1, 0.15) is 52.3 Å². The van der Waals surface area contributed by atoms with Crippen LogP contribution in [-0.2, 0) is 23.8 Å². The van der Waals surface area contributed by atoms with E-state index in [1.807, 2.05) is 4.90 Å². The molecule has 2 rings (SSSR count). The molecule has 166 valence electrons. The number of carbonyl (C=O) groups excluding carboxylic acids is 4. The van der Waals surface area contributed by atoms with Gasteiger partial charge in [-0.05, 0) is 52.3 Å². The minimum absolute atomic E-state index is 0.113. The smallest absolute Gasteiger partial charge is 0.348 e. The van der Waals surface area contributed by atoms with Gasteiger partial charge in [0.15, 0.2) is 0 Å². The third-order valence-electron chi connectivity index (χ3n) is 4.83. The molecule has 0 atom stereocenters. The molecule has 1 fully saturated rings. The van der Waals surface area contributed by atoms with E-state index in [4.69, 9.17) is 14.2 Å². The summed E-state index contributed by atoms with van der Waals surface area (Å²) in [5, 5.41) is 3.01. The van der Waals surface area contributed by atoms with E-state index in [9.17, 15) is 19.2 Å². The molecule has 0 aromatic carbocycles. The number of rotatable bonds is 8. The summed E-state index contributed by atoms with van der Waals surface area (Å²) in [7, 11) is 1.37. The van der Waals surface area contributed by atoms with Gasteiger partial charge in [0.25, 0.3) is 0 Å². The number of hydrogen-bond donors (Lipinski definition) is 1. The van der Waals surface area contributed by atoms with Crippen molar-refractivity contribution in [3.8, 4) is 0 Å². The quantitative estimate of drug-likeness (QED) is 0.484. The Balaban J connectivity index is 2.10. The molecule has 1 amide bonds. The summed E-state index contributed by atoms with van der Waals surface area (Å²) in [6, 6.07) is 0. The number of methoxy groups -OCH3 is 1. The van der Waals surface area contributed by atoms with E-state index in [2.05, 4.69) is 5.32 Å². The molecular weight excluding hydrogens is 412 g/mol. The van der Waals surface area contributed by atoms with Gasteiger partial charge in [0.2, 0.25) is 5.91 Å². The van der Waals surface area contributed by atoms with Crippen LogP contribution >= 0.6 is 11.3 Å². The Bertz CT molecular complexity index is 797. The van der Waals surface area contributed by atoms with E-state index >= 15 is 0 Å². The van der Waals surface area contributed by atoms with E-state index in [0.717, 1.165) is 11.3 Å². The molecule has 1 aliphatic rings. The van der Waals surface area contributed by atoms with Crippen LogP contribution in [0.5, 0.6) is 0 Å². The molecule has 2 heterocycles. The average Bonchev–Trinajstić information content (AvgIpc) is 3.04. The normalized spacial score (nSPS) is 14.8. The highest BCUT2D eigenvalue weighted by Gasteiger charge is 2.29. The van der Waals surface area contributed by atoms with Crippen molar-refractivity contribution >= 4 is 40.2 Å². The van der Waals surface area contributed by atoms with E-state index in [-0.39, 0.29) is 53.0 Å². The summed E-state index contributed by atoms with van der Waals surface area (Å²) >= 11 is 0.999. The largest absolute Gasteiger partial charge is 0.469 e. The Labute approximate surface area is 179 Å². The molecule has 0 bridgehead atoms. The minimum atomic E-state index is -0.601. The number of nitrogens with zero attached hydrogens (tertiary/aromatic N) is 1. The highest BCUT2D eigenvalue weighted by atomic mass is 32.1. The summed E-state index contributed by atoms with van der Waals surface area (Å²) < 4.78 is 14.9. The second-order valence-electron chi connectivity index (χ2n) is 6.82. The SMILES string of the molecule is CCOC(=O)c1sc(NC(=O)CN2CCC(C(=O)OC)CC2)c(C(=O)OCC)c1C. The highest BCUT2D eigenvalue weighted by molar-refractivity contribution is 7.18. The average molecular weight is 441 g/mol. The molecule has 0 aliphatic carbocycles. The summed E-state index contributed by atoms with van der Waals surface area (Å²) in [5.74, 6) is -1.82. The number of esters is 3. The van der Waals surface area contributed by atoms with Crippen molar-refractivity contribution < 1.29 is 33.4 Å². The molecule has 1 N–H and O–H groups in total. The number of likely N-dealkylation sites (tertiary alicyclic amines) is 1. The van der Waals surface area contributed by atoms with Crippen LogP contribution in [0.3, 0.4) is 0 Å². The molecule has 10 heteroatoms. The highest BCUT2D eigenvalue weighted by Crippen LogP contribution is 2.34. The predicted octanol–water partition coefficient (Wildman–Crippen LogP) is 2.23. The van der Waals surface area contributed by atoms with Crippen molar-refractivity contribution in [3.05, 3.63) is 16.0 Å². The van der Waals surface area contributed by atoms with Gasteiger partial charge in [-0.3, -0.25) is 14.5 Å². The zero-order valence-electron chi connectivity index (χ0n) is 17.7. The van der Waals surface area contributed by atoms with Gasteiger partial charge in [-0.25, -0.2) is 9.59 Å². The van der Waals surface area contributed by atoms with Crippen LogP contribution in [0.25, 0.3) is 0 Å². The van der Waals surface area contributed by atoms with E-state index in [1.165, 1.54) is 7.11 Å². The molecule has 0 unspecified atom stereocenters. The molecule has 30 heavy (non-hydrogen) atoms. The Kier molecular flexibility index (Phi) is 8.79. The second-order valence-corrected chi connectivity index (χ2v) is 7.84. The first-order valence-electron chi connectivity index (χ1n) is 9.89. The van der Waals surface area contributed by atoms with Gasteiger partial charge >= 0.3 is 17.9 Å². The minimum Gasteiger partial charge on any atom is -0.469 e. The van der Waals surface area contributed by atoms with Gasteiger partial charge < -0.3 is 19.5 Å². The third-order valence-corrected chi connectivity index (χ3v) is 6.02.